The predicted molar refractivity (Wildman–Crippen MR) is 70.8 cm³/mol. The Morgan fingerprint density at radius 2 is 2.18 bits per heavy atom. The van der Waals surface area contributed by atoms with Gasteiger partial charge in [-0.05, 0) is 28.1 Å². The first kappa shape index (κ1) is 12.6. The van der Waals surface area contributed by atoms with E-state index in [0.29, 0.717) is 30.4 Å². The van der Waals surface area contributed by atoms with Crippen LogP contribution in [0.15, 0.2) is 38.2 Å². The van der Waals surface area contributed by atoms with Crippen LogP contribution in [-0.4, -0.2) is 16.7 Å². The molecule has 2 rings (SSSR count). The number of nitrogens with two attached hydrogens (primary N) is 1. The fourth-order valence-electron chi connectivity index (χ4n) is 1.28. The van der Waals surface area contributed by atoms with E-state index in [1.807, 2.05) is 18.2 Å². The Kier molecular flexibility index (Phi) is 4.58. The maximum Gasteiger partial charge on any atom is 0.227 e. The molecule has 0 radical (unpaired) electrons. The van der Waals surface area contributed by atoms with Crippen LogP contribution in [0.5, 0.6) is 0 Å². The fraction of sp³-hybridized carbons (Fsp3) is 0.273. The van der Waals surface area contributed by atoms with Gasteiger partial charge in [0.15, 0.2) is 5.82 Å². The molecule has 0 unspecified atom stereocenters. The molecule has 90 valence electrons. The highest BCUT2D eigenvalue weighted by molar-refractivity contribution is 9.10. The summed E-state index contributed by atoms with van der Waals surface area (Å²) in [6, 6.07) is 8.05. The number of benzene rings is 1. The molecule has 0 saturated carbocycles. The Bertz CT molecular complexity index is 489. The molecule has 1 aromatic carbocycles. The molecule has 0 fully saturated rings. The van der Waals surface area contributed by atoms with Gasteiger partial charge in [-0.3, -0.25) is 0 Å². The molecule has 0 aliphatic carbocycles. The lowest BCUT2D eigenvalue weighted by molar-refractivity contribution is 0.376. The van der Waals surface area contributed by atoms with Crippen LogP contribution in [0.3, 0.4) is 0 Å². The summed E-state index contributed by atoms with van der Waals surface area (Å²) in [5.41, 5.74) is 5.42. The molecule has 0 spiro atoms. The van der Waals surface area contributed by atoms with E-state index < -0.39 is 0 Å². The number of thioether (sulfide) groups is 1. The number of nitrogens with zero attached hydrogens (tertiary/aromatic N) is 2. The average molecular weight is 314 g/mol. The topological polar surface area (TPSA) is 64.9 Å². The van der Waals surface area contributed by atoms with E-state index in [9.17, 15) is 0 Å². The van der Waals surface area contributed by atoms with Crippen LogP contribution in [0, 0.1) is 0 Å². The summed E-state index contributed by atoms with van der Waals surface area (Å²) in [5, 5.41) is 3.90. The lowest BCUT2D eigenvalue weighted by Gasteiger charge is -2.00. The molecule has 0 amide bonds. The van der Waals surface area contributed by atoms with Crippen LogP contribution in [0.25, 0.3) is 0 Å². The van der Waals surface area contributed by atoms with Crippen LogP contribution in [-0.2, 0) is 12.2 Å². The number of rotatable bonds is 5. The van der Waals surface area contributed by atoms with Gasteiger partial charge in [0, 0.05) is 22.3 Å². The molecule has 0 bridgehead atoms. The molecular formula is C11H12BrN3OS. The van der Waals surface area contributed by atoms with E-state index in [0.717, 1.165) is 9.37 Å². The third-order valence-electron chi connectivity index (χ3n) is 2.06. The SMILES string of the molecule is NCCc1nc(CSc2ccccc2Br)no1. The van der Waals surface area contributed by atoms with Crippen molar-refractivity contribution < 1.29 is 4.52 Å². The summed E-state index contributed by atoms with van der Waals surface area (Å²) in [4.78, 5) is 5.42. The number of hydrogen-bond acceptors (Lipinski definition) is 5. The standard InChI is InChI=1S/C11H12BrN3OS/c12-8-3-1-2-4-9(8)17-7-10-14-11(5-6-13)16-15-10/h1-4H,5-7,13H2. The lowest BCUT2D eigenvalue weighted by Crippen LogP contribution is -2.02. The Hall–Kier alpha value is -0.850. The maximum absolute atomic E-state index is 5.42. The zero-order valence-corrected chi connectivity index (χ0v) is 11.5. The van der Waals surface area contributed by atoms with Gasteiger partial charge in [-0.1, -0.05) is 17.3 Å². The van der Waals surface area contributed by atoms with Crippen LogP contribution >= 0.6 is 27.7 Å². The van der Waals surface area contributed by atoms with Gasteiger partial charge in [-0.25, -0.2) is 0 Å². The lowest BCUT2D eigenvalue weighted by atomic mass is 10.4. The Balaban J connectivity index is 1.95. The monoisotopic (exact) mass is 313 g/mol. The summed E-state index contributed by atoms with van der Waals surface area (Å²) in [7, 11) is 0. The highest BCUT2D eigenvalue weighted by Gasteiger charge is 2.07. The third kappa shape index (κ3) is 3.55. The van der Waals surface area contributed by atoms with Crippen molar-refractivity contribution in [1.82, 2.24) is 10.1 Å². The Labute approximate surface area is 112 Å². The summed E-state index contributed by atoms with van der Waals surface area (Å²) in [5.74, 6) is 2.00. The van der Waals surface area contributed by atoms with E-state index >= 15 is 0 Å². The van der Waals surface area contributed by atoms with E-state index in [1.54, 1.807) is 11.8 Å². The second kappa shape index (κ2) is 6.18. The average Bonchev–Trinajstić information content (AvgIpc) is 2.76. The minimum Gasteiger partial charge on any atom is -0.339 e. The van der Waals surface area contributed by atoms with Gasteiger partial charge >= 0.3 is 0 Å². The normalized spacial score (nSPS) is 10.7. The van der Waals surface area contributed by atoms with E-state index in [4.69, 9.17) is 10.3 Å². The molecule has 1 aromatic heterocycles. The van der Waals surface area contributed by atoms with Crippen LogP contribution in [0.2, 0.25) is 0 Å². The summed E-state index contributed by atoms with van der Waals surface area (Å²) in [6.45, 7) is 0.527. The van der Waals surface area contributed by atoms with Gasteiger partial charge in [0.05, 0.1) is 5.75 Å². The molecule has 17 heavy (non-hydrogen) atoms. The zero-order chi connectivity index (χ0) is 12.1. The Morgan fingerprint density at radius 1 is 1.35 bits per heavy atom. The summed E-state index contributed by atoms with van der Waals surface area (Å²) >= 11 is 5.17. The van der Waals surface area contributed by atoms with Gasteiger partial charge in [0.1, 0.15) is 0 Å². The van der Waals surface area contributed by atoms with Gasteiger partial charge < -0.3 is 10.3 Å². The zero-order valence-electron chi connectivity index (χ0n) is 9.10. The first-order valence-corrected chi connectivity index (χ1v) is 6.96. The molecule has 0 aliphatic rings. The highest BCUT2D eigenvalue weighted by atomic mass is 79.9. The van der Waals surface area contributed by atoms with Crippen LogP contribution in [0.4, 0.5) is 0 Å². The fourth-order valence-corrected chi connectivity index (χ4v) is 2.69. The maximum atomic E-state index is 5.42. The second-order valence-corrected chi connectivity index (χ2v) is 5.23. The van der Waals surface area contributed by atoms with E-state index in [2.05, 4.69) is 32.1 Å². The number of aromatic nitrogens is 2. The van der Waals surface area contributed by atoms with Gasteiger partial charge in [-0.2, -0.15) is 4.98 Å². The van der Waals surface area contributed by atoms with Crippen LogP contribution in [0.1, 0.15) is 11.7 Å². The molecule has 0 atom stereocenters. The molecule has 2 aromatic rings. The number of hydrogen-bond donors (Lipinski definition) is 1. The third-order valence-corrected chi connectivity index (χ3v) is 4.09. The highest BCUT2D eigenvalue weighted by Crippen LogP contribution is 2.28. The molecule has 0 saturated heterocycles. The van der Waals surface area contributed by atoms with Crippen molar-refractivity contribution in [3.63, 3.8) is 0 Å². The van der Waals surface area contributed by atoms with Crippen molar-refractivity contribution >= 4 is 27.7 Å². The first-order valence-electron chi connectivity index (χ1n) is 5.18. The molecule has 4 nitrogen and oxygen atoms in total. The Morgan fingerprint density at radius 3 is 2.94 bits per heavy atom. The minimum atomic E-state index is 0.527. The largest absolute Gasteiger partial charge is 0.339 e. The number of halogens is 1. The molecule has 1 heterocycles. The van der Waals surface area contributed by atoms with E-state index in [-0.39, 0.29) is 0 Å². The van der Waals surface area contributed by atoms with Crippen molar-refractivity contribution in [2.24, 2.45) is 5.73 Å². The summed E-state index contributed by atoms with van der Waals surface area (Å²) in [6.07, 6.45) is 0.632. The minimum absolute atomic E-state index is 0.527. The molecule has 0 aliphatic heterocycles. The van der Waals surface area contributed by atoms with Crippen molar-refractivity contribution in [2.75, 3.05) is 6.54 Å². The van der Waals surface area contributed by atoms with E-state index in [1.165, 1.54) is 0 Å². The van der Waals surface area contributed by atoms with Crippen molar-refractivity contribution in [1.29, 1.82) is 0 Å². The molecular weight excluding hydrogens is 302 g/mol. The quantitative estimate of drug-likeness (QED) is 0.860. The smallest absolute Gasteiger partial charge is 0.227 e. The molecule has 2 N–H and O–H groups in total. The van der Waals surface area contributed by atoms with Crippen molar-refractivity contribution in [2.45, 2.75) is 17.1 Å². The predicted octanol–water partition coefficient (Wildman–Crippen LogP) is 2.63. The van der Waals surface area contributed by atoms with Crippen LogP contribution < -0.4 is 5.73 Å². The molecule has 6 heteroatoms. The van der Waals surface area contributed by atoms with Gasteiger partial charge in [0.2, 0.25) is 5.89 Å². The second-order valence-electron chi connectivity index (χ2n) is 3.36. The van der Waals surface area contributed by atoms with Gasteiger partial charge in [0.25, 0.3) is 0 Å². The summed E-state index contributed by atoms with van der Waals surface area (Å²) < 4.78 is 6.14. The van der Waals surface area contributed by atoms with Crippen molar-refractivity contribution in [3.8, 4) is 0 Å². The van der Waals surface area contributed by atoms with Crippen molar-refractivity contribution in [3.05, 3.63) is 40.5 Å². The van der Waals surface area contributed by atoms with Gasteiger partial charge in [-0.15, -0.1) is 11.8 Å². The first-order chi connectivity index (χ1) is 8.29.